The number of hydrogen-bond donors (Lipinski definition) is 1. The molecule has 1 saturated carbocycles. The Bertz CT molecular complexity index is 991. The molecule has 0 aliphatic heterocycles. The zero-order valence-electron chi connectivity index (χ0n) is 17.0. The minimum absolute atomic E-state index is 0.118. The molecule has 156 valence electrons. The average Bonchev–Trinajstić information content (AvgIpc) is 3.48. The van der Waals surface area contributed by atoms with Gasteiger partial charge in [-0.1, -0.05) is 23.4 Å². The van der Waals surface area contributed by atoms with Crippen molar-refractivity contribution in [2.45, 2.75) is 51.6 Å². The van der Waals surface area contributed by atoms with Crippen molar-refractivity contribution < 1.29 is 14.0 Å². The highest BCUT2D eigenvalue weighted by atomic mass is 32.1. The topological polar surface area (TPSA) is 88.3 Å². The second-order valence-corrected chi connectivity index (χ2v) is 8.33. The maximum absolute atomic E-state index is 13.5. The Labute approximate surface area is 179 Å². The number of aromatic nitrogens is 2. The van der Waals surface area contributed by atoms with Gasteiger partial charge in [0.15, 0.2) is 11.7 Å². The first-order valence-corrected chi connectivity index (χ1v) is 10.9. The van der Waals surface area contributed by atoms with Gasteiger partial charge in [0.25, 0.3) is 11.8 Å². The van der Waals surface area contributed by atoms with Crippen molar-refractivity contribution in [1.82, 2.24) is 14.9 Å². The van der Waals surface area contributed by atoms with E-state index in [9.17, 15) is 9.59 Å². The fraction of sp³-hybridized carbons (Fsp3) is 0.364. The van der Waals surface area contributed by atoms with Crippen LogP contribution in [0.1, 0.15) is 59.1 Å². The van der Waals surface area contributed by atoms with E-state index in [1.165, 1.54) is 11.2 Å². The quantitative estimate of drug-likeness (QED) is 0.641. The van der Waals surface area contributed by atoms with Crippen LogP contribution in [0.25, 0.3) is 0 Å². The molecular weight excluding hydrogens is 400 g/mol. The van der Waals surface area contributed by atoms with Gasteiger partial charge in [-0.3, -0.25) is 14.5 Å². The van der Waals surface area contributed by atoms with Crippen molar-refractivity contribution in [3.63, 3.8) is 0 Å². The lowest BCUT2D eigenvalue weighted by atomic mass is 10.1. The van der Waals surface area contributed by atoms with Crippen LogP contribution in [-0.2, 0) is 4.79 Å². The van der Waals surface area contributed by atoms with E-state index in [1.807, 2.05) is 32.0 Å². The number of furan rings is 1. The second-order valence-electron chi connectivity index (χ2n) is 7.72. The van der Waals surface area contributed by atoms with E-state index in [4.69, 9.17) is 4.42 Å². The van der Waals surface area contributed by atoms with Crippen LogP contribution < -0.4 is 10.2 Å². The van der Waals surface area contributed by atoms with E-state index in [1.54, 1.807) is 17.5 Å². The minimum atomic E-state index is -0.948. The van der Waals surface area contributed by atoms with Crippen molar-refractivity contribution in [3.05, 3.63) is 64.6 Å². The van der Waals surface area contributed by atoms with Crippen LogP contribution in [0.5, 0.6) is 0 Å². The van der Waals surface area contributed by atoms with E-state index in [-0.39, 0.29) is 17.6 Å². The fourth-order valence-corrected chi connectivity index (χ4v) is 4.46. The van der Waals surface area contributed by atoms with Crippen molar-refractivity contribution in [1.29, 1.82) is 0 Å². The van der Waals surface area contributed by atoms with Crippen LogP contribution in [0.15, 0.2) is 46.4 Å². The molecule has 4 rings (SSSR count). The van der Waals surface area contributed by atoms with Crippen molar-refractivity contribution >= 4 is 29.0 Å². The average molecular weight is 425 g/mol. The van der Waals surface area contributed by atoms with Crippen molar-refractivity contribution in [2.75, 3.05) is 4.90 Å². The molecule has 1 aliphatic rings. The first-order valence-electron chi connectivity index (χ1n) is 10.1. The maximum atomic E-state index is 13.5. The Kier molecular flexibility index (Phi) is 5.94. The summed E-state index contributed by atoms with van der Waals surface area (Å²) in [6, 6.07) is 8.42. The molecule has 0 saturated heterocycles. The number of nitrogens with zero attached hydrogens (tertiary/aromatic N) is 3. The summed E-state index contributed by atoms with van der Waals surface area (Å²) in [4.78, 5) is 28.4. The third-order valence-corrected chi connectivity index (χ3v) is 5.81. The van der Waals surface area contributed by atoms with Gasteiger partial charge in [-0.15, -0.1) is 5.10 Å². The molecule has 2 amide bonds. The zero-order valence-corrected chi connectivity index (χ0v) is 17.8. The number of aryl methyl sites for hydroxylation is 2. The van der Waals surface area contributed by atoms with Gasteiger partial charge in [-0.25, -0.2) is 0 Å². The van der Waals surface area contributed by atoms with E-state index in [0.717, 1.165) is 48.3 Å². The van der Waals surface area contributed by atoms with Crippen LogP contribution in [0.3, 0.4) is 0 Å². The summed E-state index contributed by atoms with van der Waals surface area (Å²) < 4.78 is 9.45. The van der Waals surface area contributed by atoms with Gasteiger partial charge in [0.2, 0.25) is 0 Å². The number of carbonyl (C=O) groups is 2. The van der Waals surface area contributed by atoms with Gasteiger partial charge in [0.05, 0.1) is 6.26 Å². The maximum Gasteiger partial charge on any atom is 0.280 e. The zero-order chi connectivity index (χ0) is 21.1. The lowest BCUT2D eigenvalue weighted by Gasteiger charge is -2.30. The molecular formula is C22H24N4O3S. The second kappa shape index (κ2) is 8.79. The third kappa shape index (κ3) is 4.28. The molecule has 2 heterocycles. The SMILES string of the molecule is Cc1cc(C)cc(N(C(=O)c2csnn2)[C@H](C(=O)NC2CCCC2)c2ccco2)c1. The summed E-state index contributed by atoms with van der Waals surface area (Å²) in [5, 5.41) is 8.66. The smallest absolute Gasteiger partial charge is 0.280 e. The minimum Gasteiger partial charge on any atom is -0.467 e. The summed E-state index contributed by atoms with van der Waals surface area (Å²) in [7, 11) is 0. The monoisotopic (exact) mass is 424 g/mol. The van der Waals surface area contributed by atoms with Crippen molar-refractivity contribution in [2.24, 2.45) is 0 Å². The Morgan fingerprint density at radius 2 is 1.93 bits per heavy atom. The number of anilines is 1. The predicted molar refractivity (Wildman–Crippen MR) is 114 cm³/mol. The molecule has 1 fully saturated rings. The van der Waals surface area contributed by atoms with Crippen LogP contribution in [0.4, 0.5) is 5.69 Å². The van der Waals surface area contributed by atoms with Gasteiger partial charge < -0.3 is 9.73 Å². The van der Waals surface area contributed by atoms with Gasteiger partial charge in [-0.05, 0) is 73.6 Å². The number of carbonyl (C=O) groups excluding carboxylic acids is 2. The molecule has 0 unspecified atom stereocenters. The normalized spacial score (nSPS) is 15.1. The highest BCUT2D eigenvalue weighted by Crippen LogP contribution is 2.32. The summed E-state index contributed by atoms with van der Waals surface area (Å²) in [5.41, 5.74) is 2.81. The number of rotatable bonds is 6. The lowest BCUT2D eigenvalue weighted by molar-refractivity contribution is -0.123. The molecule has 1 atom stereocenters. The van der Waals surface area contributed by atoms with Crippen LogP contribution in [-0.4, -0.2) is 27.4 Å². The Morgan fingerprint density at radius 1 is 1.20 bits per heavy atom. The highest BCUT2D eigenvalue weighted by Gasteiger charge is 2.37. The number of amides is 2. The van der Waals surface area contributed by atoms with Crippen LogP contribution in [0, 0.1) is 13.8 Å². The number of hydrogen-bond acceptors (Lipinski definition) is 6. The first kappa shape index (κ1) is 20.3. The van der Waals surface area contributed by atoms with E-state index in [0.29, 0.717) is 11.4 Å². The Morgan fingerprint density at radius 3 is 2.53 bits per heavy atom. The van der Waals surface area contributed by atoms with Crippen LogP contribution in [0.2, 0.25) is 0 Å². The molecule has 0 spiro atoms. The molecule has 8 heteroatoms. The largest absolute Gasteiger partial charge is 0.467 e. The molecule has 7 nitrogen and oxygen atoms in total. The lowest BCUT2D eigenvalue weighted by Crippen LogP contribution is -2.46. The Hall–Kier alpha value is -3.00. The van der Waals surface area contributed by atoms with Gasteiger partial charge in [-0.2, -0.15) is 0 Å². The summed E-state index contributed by atoms with van der Waals surface area (Å²) >= 11 is 1.10. The molecule has 30 heavy (non-hydrogen) atoms. The van der Waals surface area contributed by atoms with Gasteiger partial charge in [0, 0.05) is 17.1 Å². The highest BCUT2D eigenvalue weighted by molar-refractivity contribution is 7.03. The van der Waals surface area contributed by atoms with E-state index in [2.05, 4.69) is 14.9 Å². The summed E-state index contributed by atoms with van der Waals surface area (Å²) in [6.45, 7) is 3.92. The number of nitrogens with one attached hydrogen (secondary N) is 1. The predicted octanol–water partition coefficient (Wildman–Crippen LogP) is 4.19. The number of benzene rings is 1. The molecule has 2 aromatic heterocycles. The standard InChI is InChI=1S/C22H24N4O3S/c1-14-10-15(2)12-17(11-14)26(22(28)18-13-30-25-24-18)20(19-8-5-9-29-19)21(27)23-16-6-3-4-7-16/h5,8-13,16,20H,3-4,6-7H2,1-2H3,(H,23,27)/t20-/m0/s1. The van der Waals surface area contributed by atoms with Crippen molar-refractivity contribution in [3.8, 4) is 0 Å². The molecule has 1 aliphatic carbocycles. The molecule has 0 radical (unpaired) electrons. The molecule has 0 bridgehead atoms. The van der Waals surface area contributed by atoms with Gasteiger partial charge in [0.1, 0.15) is 5.76 Å². The third-order valence-electron chi connectivity index (χ3n) is 5.30. The summed E-state index contributed by atoms with van der Waals surface area (Å²) in [5.74, 6) is -0.245. The molecule has 1 aromatic carbocycles. The van der Waals surface area contributed by atoms with Crippen LogP contribution >= 0.6 is 11.5 Å². The molecule has 1 N–H and O–H groups in total. The Balaban J connectivity index is 1.79. The fourth-order valence-electron chi connectivity index (χ4n) is 4.03. The summed E-state index contributed by atoms with van der Waals surface area (Å²) in [6.07, 6.45) is 5.61. The van der Waals surface area contributed by atoms with E-state index < -0.39 is 11.9 Å². The van der Waals surface area contributed by atoms with E-state index >= 15 is 0 Å². The molecule has 3 aromatic rings. The first-order chi connectivity index (χ1) is 14.5. The van der Waals surface area contributed by atoms with Gasteiger partial charge >= 0.3 is 0 Å².